The Kier molecular flexibility index (Phi) is 4.78. The minimum Gasteiger partial charge on any atom is -0.480 e. The maximum absolute atomic E-state index is 11.6. The number of rotatable bonds is 3. The predicted octanol–water partition coefficient (Wildman–Crippen LogP) is 1.58. The fourth-order valence-corrected chi connectivity index (χ4v) is 2.25. The minimum absolute atomic E-state index is 0.153. The van der Waals surface area contributed by atoms with E-state index in [2.05, 4.69) is 24.5 Å². The number of hydrogen-bond donors (Lipinski definition) is 3. The molecule has 1 rings (SSSR count). The van der Waals surface area contributed by atoms with Crippen molar-refractivity contribution in [2.24, 2.45) is 11.8 Å². The summed E-state index contributed by atoms with van der Waals surface area (Å²) in [5, 5.41) is 14.0. The largest absolute Gasteiger partial charge is 0.480 e. The lowest BCUT2D eigenvalue weighted by Crippen LogP contribution is -2.51. The first-order chi connectivity index (χ1) is 7.91. The number of aliphatic carboxylic acids is 1. The van der Waals surface area contributed by atoms with Crippen molar-refractivity contribution in [1.29, 1.82) is 0 Å². The Morgan fingerprint density at radius 1 is 1.29 bits per heavy atom. The Morgan fingerprint density at radius 3 is 2.53 bits per heavy atom. The van der Waals surface area contributed by atoms with Crippen LogP contribution in [0.15, 0.2) is 0 Å². The van der Waals surface area contributed by atoms with Gasteiger partial charge in [0.1, 0.15) is 6.04 Å². The van der Waals surface area contributed by atoms with Crippen molar-refractivity contribution < 1.29 is 14.7 Å². The lowest BCUT2D eigenvalue weighted by atomic mass is 9.78. The Hall–Kier alpha value is -1.26. The number of amides is 2. The normalized spacial score (nSPS) is 30.4. The summed E-state index contributed by atoms with van der Waals surface area (Å²) in [6.45, 7) is 5.78. The van der Waals surface area contributed by atoms with Crippen LogP contribution in [-0.4, -0.2) is 29.2 Å². The molecule has 1 aliphatic rings. The molecule has 1 aliphatic carbocycles. The molecule has 0 aromatic carbocycles. The Bertz CT molecular complexity index is 293. The molecule has 0 heterocycles. The van der Waals surface area contributed by atoms with Gasteiger partial charge in [-0.05, 0) is 25.2 Å². The van der Waals surface area contributed by atoms with Crippen LogP contribution in [0.3, 0.4) is 0 Å². The summed E-state index contributed by atoms with van der Waals surface area (Å²) in [5.41, 5.74) is 0. The standard InChI is InChI=1S/C12H22N2O3/c1-7-5-4-6-10(8(7)2)14-12(17)13-9(3)11(15)16/h7-10H,4-6H2,1-3H3,(H,15,16)(H2,13,14,17). The summed E-state index contributed by atoms with van der Waals surface area (Å²) in [4.78, 5) is 22.2. The summed E-state index contributed by atoms with van der Waals surface area (Å²) >= 11 is 0. The van der Waals surface area contributed by atoms with Crippen molar-refractivity contribution >= 4 is 12.0 Å². The topological polar surface area (TPSA) is 78.4 Å². The summed E-state index contributed by atoms with van der Waals surface area (Å²) in [5.74, 6) is 0.0193. The molecule has 3 N–H and O–H groups in total. The van der Waals surface area contributed by atoms with E-state index in [0.29, 0.717) is 11.8 Å². The van der Waals surface area contributed by atoms with Crippen molar-refractivity contribution in [2.45, 2.75) is 52.1 Å². The van der Waals surface area contributed by atoms with Gasteiger partial charge < -0.3 is 15.7 Å². The second kappa shape index (κ2) is 5.89. The van der Waals surface area contributed by atoms with Crippen molar-refractivity contribution in [3.63, 3.8) is 0 Å². The van der Waals surface area contributed by atoms with Gasteiger partial charge in [0, 0.05) is 6.04 Å². The summed E-state index contributed by atoms with van der Waals surface area (Å²) in [6, 6.07) is -1.09. The molecule has 2 amide bonds. The molecule has 98 valence electrons. The van der Waals surface area contributed by atoms with E-state index in [9.17, 15) is 9.59 Å². The number of carbonyl (C=O) groups excluding carboxylic acids is 1. The van der Waals surface area contributed by atoms with Crippen LogP contribution in [0.1, 0.15) is 40.0 Å². The first-order valence-corrected chi connectivity index (χ1v) is 6.21. The number of carboxylic acids is 1. The van der Waals surface area contributed by atoms with E-state index in [0.717, 1.165) is 12.8 Å². The van der Waals surface area contributed by atoms with Crippen LogP contribution in [0.25, 0.3) is 0 Å². The van der Waals surface area contributed by atoms with E-state index >= 15 is 0 Å². The monoisotopic (exact) mass is 242 g/mol. The van der Waals surface area contributed by atoms with Gasteiger partial charge in [-0.15, -0.1) is 0 Å². The molecular weight excluding hydrogens is 220 g/mol. The Morgan fingerprint density at radius 2 is 1.94 bits per heavy atom. The van der Waals surface area contributed by atoms with Crippen molar-refractivity contribution in [2.75, 3.05) is 0 Å². The molecule has 1 saturated carbocycles. The highest BCUT2D eigenvalue weighted by atomic mass is 16.4. The molecule has 5 nitrogen and oxygen atoms in total. The molecule has 4 unspecified atom stereocenters. The van der Waals surface area contributed by atoms with Gasteiger partial charge in [-0.2, -0.15) is 0 Å². The second-order valence-electron chi connectivity index (χ2n) is 5.05. The SMILES string of the molecule is CC(NC(=O)NC1CCCC(C)C1C)C(=O)O. The van der Waals surface area contributed by atoms with Crippen LogP contribution < -0.4 is 10.6 Å². The van der Waals surface area contributed by atoms with E-state index in [4.69, 9.17) is 5.11 Å². The lowest BCUT2D eigenvalue weighted by molar-refractivity contribution is -0.138. The predicted molar refractivity (Wildman–Crippen MR) is 64.7 cm³/mol. The number of carboxylic acid groups (broad SMARTS) is 1. The number of carbonyl (C=O) groups is 2. The van der Waals surface area contributed by atoms with E-state index in [1.165, 1.54) is 13.3 Å². The first-order valence-electron chi connectivity index (χ1n) is 6.21. The molecule has 4 atom stereocenters. The van der Waals surface area contributed by atoms with E-state index in [1.807, 2.05) is 0 Å². The van der Waals surface area contributed by atoms with Crippen LogP contribution >= 0.6 is 0 Å². The second-order valence-corrected chi connectivity index (χ2v) is 5.05. The maximum Gasteiger partial charge on any atom is 0.325 e. The number of hydrogen-bond acceptors (Lipinski definition) is 2. The smallest absolute Gasteiger partial charge is 0.325 e. The highest BCUT2D eigenvalue weighted by molar-refractivity contribution is 5.82. The average Bonchev–Trinajstić information content (AvgIpc) is 2.24. The van der Waals surface area contributed by atoms with E-state index < -0.39 is 12.0 Å². The first kappa shape index (κ1) is 13.8. The third-order valence-electron chi connectivity index (χ3n) is 3.74. The molecule has 5 heteroatoms. The average molecular weight is 242 g/mol. The van der Waals surface area contributed by atoms with Crippen LogP contribution in [0.5, 0.6) is 0 Å². The van der Waals surface area contributed by atoms with E-state index in [-0.39, 0.29) is 12.1 Å². The van der Waals surface area contributed by atoms with Crippen LogP contribution in [-0.2, 0) is 4.79 Å². The third kappa shape index (κ3) is 3.91. The molecule has 0 saturated heterocycles. The minimum atomic E-state index is -1.02. The number of urea groups is 1. The van der Waals surface area contributed by atoms with Crippen LogP contribution in [0, 0.1) is 11.8 Å². The quantitative estimate of drug-likeness (QED) is 0.703. The fourth-order valence-electron chi connectivity index (χ4n) is 2.25. The summed E-state index contributed by atoms with van der Waals surface area (Å²) in [7, 11) is 0. The Labute approximate surface area is 102 Å². The lowest BCUT2D eigenvalue weighted by Gasteiger charge is -2.34. The molecule has 1 fully saturated rings. The van der Waals surface area contributed by atoms with Crippen molar-refractivity contribution in [1.82, 2.24) is 10.6 Å². The van der Waals surface area contributed by atoms with Crippen LogP contribution in [0.4, 0.5) is 4.79 Å². The summed E-state index contributed by atoms with van der Waals surface area (Å²) in [6.07, 6.45) is 3.29. The van der Waals surface area contributed by atoms with E-state index in [1.54, 1.807) is 0 Å². The number of nitrogens with one attached hydrogen (secondary N) is 2. The van der Waals surface area contributed by atoms with Gasteiger partial charge in [0.2, 0.25) is 0 Å². The van der Waals surface area contributed by atoms with Crippen molar-refractivity contribution in [3.05, 3.63) is 0 Å². The van der Waals surface area contributed by atoms with Gasteiger partial charge in [0.25, 0.3) is 0 Å². The molecule has 0 aliphatic heterocycles. The molecule has 0 aromatic rings. The fraction of sp³-hybridized carbons (Fsp3) is 0.833. The zero-order valence-electron chi connectivity index (χ0n) is 10.7. The molecule has 0 aromatic heterocycles. The third-order valence-corrected chi connectivity index (χ3v) is 3.74. The Balaban J connectivity index is 2.42. The van der Waals surface area contributed by atoms with Gasteiger partial charge in [0.15, 0.2) is 0 Å². The van der Waals surface area contributed by atoms with Gasteiger partial charge in [-0.25, -0.2) is 4.79 Å². The van der Waals surface area contributed by atoms with Gasteiger partial charge in [0.05, 0.1) is 0 Å². The highest BCUT2D eigenvalue weighted by Gasteiger charge is 2.28. The molecule has 0 bridgehead atoms. The maximum atomic E-state index is 11.6. The molecular formula is C12H22N2O3. The van der Waals surface area contributed by atoms with Gasteiger partial charge >= 0.3 is 12.0 Å². The zero-order chi connectivity index (χ0) is 13.0. The van der Waals surface area contributed by atoms with Crippen molar-refractivity contribution in [3.8, 4) is 0 Å². The molecule has 0 radical (unpaired) electrons. The highest BCUT2D eigenvalue weighted by Crippen LogP contribution is 2.29. The van der Waals surface area contributed by atoms with Gasteiger partial charge in [-0.1, -0.05) is 26.7 Å². The zero-order valence-corrected chi connectivity index (χ0v) is 10.7. The van der Waals surface area contributed by atoms with Crippen LogP contribution in [0.2, 0.25) is 0 Å². The molecule has 17 heavy (non-hydrogen) atoms. The molecule has 0 spiro atoms. The summed E-state index contributed by atoms with van der Waals surface area (Å²) < 4.78 is 0. The van der Waals surface area contributed by atoms with Gasteiger partial charge in [-0.3, -0.25) is 4.79 Å².